The molecule has 0 radical (unpaired) electrons. The fraction of sp³-hybridized carbons (Fsp3) is 0.444. The lowest BCUT2D eigenvalue weighted by atomic mass is 10.1. The Labute approximate surface area is 71.3 Å². The summed E-state index contributed by atoms with van der Waals surface area (Å²) in [5, 5.41) is 8.81. The highest BCUT2D eigenvalue weighted by Gasteiger charge is 2.24. The van der Waals surface area contributed by atoms with E-state index in [2.05, 4.69) is 0 Å². The molecule has 0 aliphatic carbocycles. The maximum absolute atomic E-state index is 11.0. The van der Waals surface area contributed by atoms with Gasteiger partial charge in [-0.05, 0) is 26.3 Å². The molecule has 1 N–H and O–H groups in total. The van der Waals surface area contributed by atoms with Crippen LogP contribution >= 0.6 is 0 Å². The van der Waals surface area contributed by atoms with Crippen LogP contribution in [0.4, 0.5) is 0 Å². The minimum absolute atomic E-state index is 0.0762. The first kappa shape index (κ1) is 9.00. The number of carbonyl (C=O) groups excluding carboxylic acids is 1. The minimum atomic E-state index is -0.310. The molecule has 0 aromatic rings. The number of rotatable bonds is 1. The molecular weight excluding hydrogens is 156 g/mol. The molecule has 3 nitrogen and oxygen atoms in total. The zero-order chi connectivity index (χ0) is 9.30. The Hall–Kier alpha value is -1.09. The largest absolute Gasteiger partial charge is 0.423 e. The molecule has 0 fully saturated rings. The average Bonchev–Trinajstić information content (AvgIpc) is 2.32. The van der Waals surface area contributed by atoms with Crippen LogP contribution in [0.25, 0.3) is 0 Å². The van der Waals surface area contributed by atoms with Gasteiger partial charge in [-0.2, -0.15) is 0 Å². The third-order valence-corrected chi connectivity index (χ3v) is 2.03. The lowest BCUT2D eigenvalue weighted by Crippen LogP contribution is -1.98. The van der Waals surface area contributed by atoms with Crippen molar-refractivity contribution in [2.45, 2.75) is 20.8 Å². The molecule has 1 heterocycles. The van der Waals surface area contributed by atoms with Gasteiger partial charge in [0.05, 0.1) is 6.61 Å². The van der Waals surface area contributed by atoms with Crippen molar-refractivity contribution in [3.63, 3.8) is 0 Å². The molecule has 0 unspecified atom stereocenters. The van der Waals surface area contributed by atoms with Gasteiger partial charge in [0.15, 0.2) is 0 Å². The van der Waals surface area contributed by atoms with Gasteiger partial charge in [0.1, 0.15) is 5.76 Å². The molecule has 3 heteroatoms. The number of allylic oxidation sites excluding steroid dienone is 1. The minimum Gasteiger partial charge on any atom is -0.423 e. The maximum atomic E-state index is 11.0. The summed E-state index contributed by atoms with van der Waals surface area (Å²) >= 11 is 0. The summed E-state index contributed by atoms with van der Waals surface area (Å²) in [7, 11) is 0. The Morgan fingerprint density at radius 3 is 2.33 bits per heavy atom. The van der Waals surface area contributed by atoms with Gasteiger partial charge >= 0.3 is 5.97 Å². The van der Waals surface area contributed by atoms with E-state index in [1.165, 1.54) is 0 Å². The second-order valence-electron chi connectivity index (χ2n) is 2.91. The lowest BCUT2D eigenvalue weighted by Gasteiger charge is -2.02. The maximum Gasteiger partial charge on any atom is 0.339 e. The van der Waals surface area contributed by atoms with Crippen LogP contribution in [0.5, 0.6) is 0 Å². The Morgan fingerprint density at radius 2 is 2.00 bits per heavy atom. The summed E-state index contributed by atoms with van der Waals surface area (Å²) in [6, 6.07) is 0. The molecule has 0 aromatic heterocycles. The fourth-order valence-electron chi connectivity index (χ4n) is 1.05. The van der Waals surface area contributed by atoms with Gasteiger partial charge in [-0.1, -0.05) is 0 Å². The zero-order valence-corrected chi connectivity index (χ0v) is 7.47. The number of esters is 1. The van der Waals surface area contributed by atoms with Crippen molar-refractivity contribution < 1.29 is 14.6 Å². The van der Waals surface area contributed by atoms with E-state index in [1.807, 2.05) is 6.92 Å². The van der Waals surface area contributed by atoms with Crippen molar-refractivity contribution in [2.24, 2.45) is 0 Å². The monoisotopic (exact) mass is 168 g/mol. The zero-order valence-electron chi connectivity index (χ0n) is 7.47. The van der Waals surface area contributed by atoms with E-state index in [0.717, 1.165) is 5.57 Å². The Balaban J connectivity index is 3.10. The van der Waals surface area contributed by atoms with Crippen LogP contribution in [-0.4, -0.2) is 17.7 Å². The second-order valence-corrected chi connectivity index (χ2v) is 2.91. The first-order valence-electron chi connectivity index (χ1n) is 3.78. The van der Waals surface area contributed by atoms with Gasteiger partial charge < -0.3 is 9.84 Å². The normalized spacial score (nSPS) is 21.5. The molecule has 0 aromatic carbocycles. The van der Waals surface area contributed by atoms with Gasteiger partial charge in [-0.15, -0.1) is 0 Å². The van der Waals surface area contributed by atoms with Crippen LogP contribution < -0.4 is 0 Å². The molecule has 1 aliphatic rings. The number of cyclic esters (lactones) is 1. The summed E-state index contributed by atoms with van der Waals surface area (Å²) in [4.78, 5) is 11.0. The second kappa shape index (κ2) is 3.11. The molecule has 1 aliphatic heterocycles. The van der Waals surface area contributed by atoms with Crippen LogP contribution in [0, 0.1) is 0 Å². The molecule has 0 spiro atoms. The van der Waals surface area contributed by atoms with Gasteiger partial charge in [-0.25, -0.2) is 4.79 Å². The van der Waals surface area contributed by atoms with Crippen molar-refractivity contribution in [3.8, 4) is 0 Å². The molecule has 12 heavy (non-hydrogen) atoms. The lowest BCUT2D eigenvalue weighted by molar-refractivity contribution is -0.133. The average molecular weight is 168 g/mol. The van der Waals surface area contributed by atoms with E-state index in [4.69, 9.17) is 9.84 Å². The van der Waals surface area contributed by atoms with Gasteiger partial charge in [0.25, 0.3) is 0 Å². The summed E-state index contributed by atoms with van der Waals surface area (Å²) in [5.74, 6) is 0.218. The molecule has 0 bridgehead atoms. The summed E-state index contributed by atoms with van der Waals surface area (Å²) in [6.07, 6.45) is 0. The van der Waals surface area contributed by atoms with Crippen molar-refractivity contribution in [3.05, 3.63) is 22.5 Å². The van der Waals surface area contributed by atoms with Gasteiger partial charge in [-0.3, -0.25) is 0 Å². The number of hydrogen-bond donors (Lipinski definition) is 1. The third kappa shape index (κ3) is 1.28. The van der Waals surface area contributed by atoms with Gasteiger partial charge in [0.2, 0.25) is 0 Å². The quantitative estimate of drug-likeness (QED) is 0.597. The third-order valence-electron chi connectivity index (χ3n) is 2.03. The van der Waals surface area contributed by atoms with E-state index in [1.54, 1.807) is 13.8 Å². The molecule has 1 rings (SSSR count). The highest BCUT2D eigenvalue weighted by molar-refractivity contribution is 5.93. The predicted octanol–water partition coefficient (Wildman–Crippen LogP) is 1.15. The Morgan fingerprint density at radius 1 is 1.42 bits per heavy atom. The highest BCUT2D eigenvalue weighted by atomic mass is 16.5. The number of ether oxygens (including phenoxy) is 1. The SMILES string of the molecule is CC1=C(C)/C(=C(\C)CO)OC1=O. The number of carbonyl (C=O) groups is 1. The molecule has 66 valence electrons. The van der Waals surface area contributed by atoms with E-state index in [9.17, 15) is 4.79 Å². The van der Waals surface area contributed by atoms with Crippen LogP contribution in [-0.2, 0) is 9.53 Å². The summed E-state index contributed by atoms with van der Waals surface area (Å²) in [5.41, 5.74) is 2.14. The van der Waals surface area contributed by atoms with Crippen LogP contribution in [0.1, 0.15) is 20.8 Å². The van der Waals surface area contributed by atoms with Crippen LogP contribution in [0.3, 0.4) is 0 Å². The highest BCUT2D eigenvalue weighted by Crippen LogP contribution is 2.27. The van der Waals surface area contributed by atoms with Crippen molar-refractivity contribution in [1.82, 2.24) is 0 Å². The number of hydrogen-bond acceptors (Lipinski definition) is 3. The molecule has 0 amide bonds. The smallest absolute Gasteiger partial charge is 0.339 e. The standard InChI is InChI=1S/C9H12O3/c1-5(4-10)8-6(2)7(3)9(11)12-8/h10H,4H2,1-3H3/b8-5-. The van der Waals surface area contributed by atoms with Crippen molar-refractivity contribution in [1.29, 1.82) is 0 Å². The van der Waals surface area contributed by atoms with Crippen molar-refractivity contribution >= 4 is 5.97 Å². The summed E-state index contributed by atoms with van der Waals surface area (Å²) < 4.78 is 4.95. The van der Waals surface area contributed by atoms with Gasteiger partial charge in [0, 0.05) is 11.1 Å². The van der Waals surface area contributed by atoms with E-state index < -0.39 is 0 Å². The van der Waals surface area contributed by atoms with E-state index >= 15 is 0 Å². The van der Waals surface area contributed by atoms with E-state index in [-0.39, 0.29) is 12.6 Å². The first-order valence-corrected chi connectivity index (χ1v) is 3.78. The Kier molecular flexibility index (Phi) is 2.33. The fourth-order valence-corrected chi connectivity index (χ4v) is 1.05. The molecule has 0 saturated carbocycles. The van der Waals surface area contributed by atoms with Crippen LogP contribution in [0.15, 0.2) is 22.5 Å². The summed E-state index contributed by atoms with van der Waals surface area (Å²) in [6.45, 7) is 5.20. The molecule has 0 saturated heterocycles. The Bertz CT molecular complexity index is 284. The number of aliphatic hydroxyl groups is 1. The predicted molar refractivity (Wildman–Crippen MR) is 44.3 cm³/mol. The van der Waals surface area contributed by atoms with Crippen LogP contribution in [0.2, 0.25) is 0 Å². The molecular formula is C9H12O3. The van der Waals surface area contributed by atoms with Crippen molar-refractivity contribution in [2.75, 3.05) is 6.61 Å². The topological polar surface area (TPSA) is 46.5 Å². The number of aliphatic hydroxyl groups excluding tert-OH is 1. The van der Waals surface area contributed by atoms with E-state index in [0.29, 0.717) is 16.9 Å². The first-order chi connectivity index (χ1) is 5.57. The molecule has 0 atom stereocenters.